The van der Waals surface area contributed by atoms with E-state index in [0.29, 0.717) is 12.2 Å². The van der Waals surface area contributed by atoms with Gasteiger partial charge < -0.3 is 10.1 Å². The van der Waals surface area contributed by atoms with E-state index in [0.717, 1.165) is 5.75 Å². The molecule has 1 aromatic rings. The zero-order valence-corrected chi connectivity index (χ0v) is 11.9. The van der Waals surface area contributed by atoms with Crippen molar-refractivity contribution in [2.75, 3.05) is 13.2 Å². The highest BCUT2D eigenvalue weighted by atomic mass is 16.5. The van der Waals surface area contributed by atoms with Crippen molar-refractivity contribution >= 4 is 11.7 Å². The lowest BCUT2D eigenvalue weighted by Gasteiger charge is -2.17. The molecule has 0 saturated carbocycles. The van der Waals surface area contributed by atoms with Gasteiger partial charge in [-0.05, 0) is 31.2 Å². The monoisotopic (exact) mass is 263 g/mol. The Morgan fingerprint density at radius 2 is 1.74 bits per heavy atom. The molecule has 4 nitrogen and oxygen atoms in total. The highest BCUT2D eigenvalue weighted by Gasteiger charge is 2.21. The second kappa shape index (κ2) is 6.36. The predicted molar refractivity (Wildman–Crippen MR) is 74.4 cm³/mol. The van der Waals surface area contributed by atoms with Gasteiger partial charge >= 0.3 is 0 Å². The molecule has 0 saturated heterocycles. The van der Waals surface area contributed by atoms with E-state index >= 15 is 0 Å². The molecule has 1 N–H and O–H groups in total. The Morgan fingerprint density at radius 3 is 2.21 bits per heavy atom. The second-order valence-corrected chi connectivity index (χ2v) is 5.31. The number of carbonyl (C=O) groups is 2. The van der Waals surface area contributed by atoms with Crippen LogP contribution >= 0.6 is 0 Å². The average Bonchev–Trinajstić information content (AvgIpc) is 2.35. The van der Waals surface area contributed by atoms with Crippen LogP contribution in [-0.2, 0) is 4.79 Å². The fourth-order valence-corrected chi connectivity index (χ4v) is 1.43. The highest BCUT2D eigenvalue weighted by Crippen LogP contribution is 2.14. The van der Waals surface area contributed by atoms with Crippen molar-refractivity contribution in [1.82, 2.24) is 5.32 Å². The van der Waals surface area contributed by atoms with E-state index in [-0.39, 0.29) is 18.2 Å². The maximum Gasteiger partial charge on any atom is 0.225 e. The van der Waals surface area contributed by atoms with Gasteiger partial charge in [-0.25, -0.2) is 0 Å². The Morgan fingerprint density at radius 1 is 1.16 bits per heavy atom. The van der Waals surface area contributed by atoms with Crippen LogP contribution in [0.5, 0.6) is 5.75 Å². The zero-order chi connectivity index (χ0) is 14.5. The summed E-state index contributed by atoms with van der Waals surface area (Å²) >= 11 is 0. The van der Waals surface area contributed by atoms with Crippen LogP contribution in [0.3, 0.4) is 0 Å². The molecule has 0 aliphatic heterocycles. The van der Waals surface area contributed by atoms with Crippen LogP contribution in [0.25, 0.3) is 0 Å². The number of ketones is 1. The van der Waals surface area contributed by atoms with Crippen LogP contribution in [0, 0.1) is 5.41 Å². The SMILES string of the molecule is CCOc1ccc(C(=O)CNC(=O)C(C)(C)C)cc1. The highest BCUT2D eigenvalue weighted by molar-refractivity contribution is 5.99. The topological polar surface area (TPSA) is 55.4 Å². The summed E-state index contributed by atoms with van der Waals surface area (Å²) in [6.07, 6.45) is 0. The number of ether oxygens (including phenoxy) is 1. The molecule has 0 unspecified atom stereocenters. The van der Waals surface area contributed by atoms with Crippen molar-refractivity contribution in [1.29, 1.82) is 0 Å². The van der Waals surface area contributed by atoms with Crippen molar-refractivity contribution in [3.8, 4) is 5.75 Å². The number of Topliss-reactive ketones (excluding diaryl/α,β-unsaturated/α-hetero) is 1. The van der Waals surface area contributed by atoms with Gasteiger partial charge in [-0.1, -0.05) is 20.8 Å². The fourth-order valence-electron chi connectivity index (χ4n) is 1.43. The average molecular weight is 263 g/mol. The largest absolute Gasteiger partial charge is 0.494 e. The van der Waals surface area contributed by atoms with E-state index in [1.165, 1.54) is 0 Å². The predicted octanol–water partition coefficient (Wildman–Crippen LogP) is 2.43. The summed E-state index contributed by atoms with van der Waals surface area (Å²) in [5, 5.41) is 2.64. The van der Waals surface area contributed by atoms with Gasteiger partial charge in [0.1, 0.15) is 5.75 Å². The van der Waals surface area contributed by atoms with Gasteiger partial charge in [0.05, 0.1) is 13.2 Å². The summed E-state index contributed by atoms with van der Waals surface area (Å²) in [7, 11) is 0. The molecule has 0 bridgehead atoms. The maximum absolute atomic E-state index is 11.9. The molecule has 0 atom stereocenters. The van der Waals surface area contributed by atoms with E-state index in [9.17, 15) is 9.59 Å². The molecule has 0 aliphatic carbocycles. The molecule has 0 spiro atoms. The van der Waals surface area contributed by atoms with Gasteiger partial charge in [-0.3, -0.25) is 9.59 Å². The Bertz CT molecular complexity index is 443. The van der Waals surface area contributed by atoms with Crippen LogP contribution in [0.15, 0.2) is 24.3 Å². The third-order valence-electron chi connectivity index (χ3n) is 2.58. The van der Waals surface area contributed by atoms with Crippen molar-refractivity contribution in [3.63, 3.8) is 0 Å². The fraction of sp³-hybridized carbons (Fsp3) is 0.467. The normalized spacial score (nSPS) is 10.9. The number of amides is 1. The quantitative estimate of drug-likeness (QED) is 0.830. The standard InChI is InChI=1S/C15H21NO3/c1-5-19-12-8-6-11(7-9-12)13(17)10-16-14(18)15(2,3)4/h6-9H,5,10H2,1-4H3,(H,16,18). The van der Waals surface area contributed by atoms with Gasteiger partial charge in [0.2, 0.25) is 5.91 Å². The number of nitrogens with one attached hydrogen (secondary N) is 1. The molecule has 19 heavy (non-hydrogen) atoms. The molecule has 0 aliphatic rings. The molecule has 0 aromatic heterocycles. The van der Waals surface area contributed by atoms with E-state index in [2.05, 4.69) is 5.32 Å². The molecule has 1 rings (SSSR count). The first-order chi connectivity index (χ1) is 8.84. The Balaban J connectivity index is 2.56. The van der Waals surface area contributed by atoms with Gasteiger partial charge in [-0.2, -0.15) is 0 Å². The van der Waals surface area contributed by atoms with Crippen LogP contribution in [0.4, 0.5) is 0 Å². The molecule has 0 fully saturated rings. The number of rotatable bonds is 5. The summed E-state index contributed by atoms with van der Waals surface area (Å²) in [6.45, 7) is 7.94. The Kier molecular flexibility index (Phi) is 5.10. The lowest BCUT2D eigenvalue weighted by molar-refractivity contribution is -0.128. The smallest absolute Gasteiger partial charge is 0.225 e. The summed E-state index contributed by atoms with van der Waals surface area (Å²) in [5.74, 6) is 0.491. The molecule has 1 aromatic carbocycles. The lowest BCUT2D eigenvalue weighted by Crippen LogP contribution is -2.37. The minimum atomic E-state index is -0.487. The second-order valence-electron chi connectivity index (χ2n) is 5.31. The van der Waals surface area contributed by atoms with Crippen LogP contribution in [0.2, 0.25) is 0 Å². The molecule has 104 valence electrons. The maximum atomic E-state index is 11.9. The van der Waals surface area contributed by atoms with Gasteiger partial charge in [0.15, 0.2) is 5.78 Å². The third kappa shape index (κ3) is 4.73. The van der Waals surface area contributed by atoms with Gasteiger partial charge in [-0.15, -0.1) is 0 Å². The van der Waals surface area contributed by atoms with E-state index in [1.807, 2.05) is 27.7 Å². The molecule has 1 amide bonds. The molecule has 0 radical (unpaired) electrons. The summed E-state index contributed by atoms with van der Waals surface area (Å²) < 4.78 is 5.30. The van der Waals surface area contributed by atoms with Crippen molar-refractivity contribution in [3.05, 3.63) is 29.8 Å². The lowest BCUT2D eigenvalue weighted by atomic mass is 9.95. The van der Waals surface area contributed by atoms with E-state index < -0.39 is 5.41 Å². The number of hydrogen-bond acceptors (Lipinski definition) is 3. The molecule has 0 heterocycles. The molecular formula is C15H21NO3. The minimum Gasteiger partial charge on any atom is -0.494 e. The zero-order valence-electron chi connectivity index (χ0n) is 11.9. The van der Waals surface area contributed by atoms with Crippen LogP contribution in [-0.4, -0.2) is 24.8 Å². The van der Waals surface area contributed by atoms with E-state index in [4.69, 9.17) is 4.74 Å². The van der Waals surface area contributed by atoms with Gasteiger partial charge in [0, 0.05) is 11.0 Å². The van der Waals surface area contributed by atoms with Crippen LogP contribution in [0.1, 0.15) is 38.1 Å². The number of hydrogen-bond donors (Lipinski definition) is 1. The van der Waals surface area contributed by atoms with E-state index in [1.54, 1.807) is 24.3 Å². The van der Waals surface area contributed by atoms with Crippen molar-refractivity contribution in [2.45, 2.75) is 27.7 Å². The first-order valence-electron chi connectivity index (χ1n) is 6.39. The number of carbonyl (C=O) groups excluding carboxylic acids is 2. The third-order valence-corrected chi connectivity index (χ3v) is 2.58. The summed E-state index contributed by atoms with van der Waals surface area (Å²) in [4.78, 5) is 23.5. The Hall–Kier alpha value is -1.84. The number of benzene rings is 1. The van der Waals surface area contributed by atoms with Crippen molar-refractivity contribution in [2.24, 2.45) is 5.41 Å². The first kappa shape index (κ1) is 15.2. The van der Waals surface area contributed by atoms with Crippen molar-refractivity contribution < 1.29 is 14.3 Å². The molecular weight excluding hydrogens is 242 g/mol. The Labute approximate surface area is 114 Å². The summed E-state index contributed by atoms with van der Waals surface area (Å²) in [6, 6.07) is 6.91. The summed E-state index contributed by atoms with van der Waals surface area (Å²) in [5.41, 5.74) is 0.0803. The first-order valence-corrected chi connectivity index (χ1v) is 6.39. The van der Waals surface area contributed by atoms with Gasteiger partial charge in [0.25, 0.3) is 0 Å². The molecule has 4 heteroatoms. The van der Waals surface area contributed by atoms with Crippen LogP contribution < -0.4 is 10.1 Å². The minimum absolute atomic E-state index is 0.0179.